The summed E-state index contributed by atoms with van der Waals surface area (Å²) in [7, 11) is 1.60. The zero-order chi connectivity index (χ0) is 15.0. The lowest BCUT2D eigenvalue weighted by atomic mass is 9.74. The Morgan fingerprint density at radius 2 is 2.10 bits per heavy atom. The summed E-state index contributed by atoms with van der Waals surface area (Å²) in [6.45, 7) is 0.926. The van der Waals surface area contributed by atoms with Crippen molar-refractivity contribution in [2.24, 2.45) is 10.6 Å². The lowest BCUT2D eigenvalue weighted by Crippen LogP contribution is -2.45. The molecule has 0 aromatic heterocycles. The fraction of sp³-hybridized carbons (Fsp3) is 0.467. The first-order valence-corrected chi connectivity index (χ1v) is 6.98. The van der Waals surface area contributed by atoms with Gasteiger partial charge in [0.25, 0.3) is 0 Å². The minimum absolute atomic E-state index is 0.280. The second kappa shape index (κ2) is 4.95. The van der Waals surface area contributed by atoms with Gasteiger partial charge < -0.3 is 20.0 Å². The van der Waals surface area contributed by atoms with E-state index in [1.807, 2.05) is 18.2 Å². The quantitative estimate of drug-likeness (QED) is 0.613. The molecule has 1 aromatic rings. The van der Waals surface area contributed by atoms with Crippen molar-refractivity contribution in [3.8, 4) is 5.75 Å². The molecule has 3 rings (SSSR count). The first kappa shape index (κ1) is 13.7. The van der Waals surface area contributed by atoms with E-state index in [2.05, 4.69) is 5.16 Å². The predicted molar refractivity (Wildman–Crippen MR) is 76.3 cm³/mol. The van der Waals surface area contributed by atoms with Crippen LogP contribution < -0.4 is 4.74 Å². The number of ether oxygens (including phenoxy) is 1. The summed E-state index contributed by atoms with van der Waals surface area (Å²) < 4.78 is 5.39. The Kier molecular flexibility index (Phi) is 3.23. The summed E-state index contributed by atoms with van der Waals surface area (Å²) in [5.41, 5.74) is 2.33. The lowest BCUT2D eigenvalue weighted by molar-refractivity contribution is 0.114. The summed E-state index contributed by atoms with van der Waals surface area (Å²) >= 11 is 0. The molecule has 112 valence electrons. The molecule has 6 nitrogen and oxygen atoms in total. The van der Waals surface area contributed by atoms with Crippen LogP contribution in [-0.4, -0.2) is 47.2 Å². The van der Waals surface area contributed by atoms with Gasteiger partial charge in [0.2, 0.25) is 0 Å². The number of piperidine rings is 1. The van der Waals surface area contributed by atoms with Gasteiger partial charge in [-0.1, -0.05) is 17.3 Å². The number of carbonyl (C=O) groups is 1. The van der Waals surface area contributed by atoms with Crippen LogP contribution in [0.2, 0.25) is 0 Å². The number of methoxy groups -OCH3 is 1. The molecule has 1 fully saturated rings. The van der Waals surface area contributed by atoms with Gasteiger partial charge in [0.1, 0.15) is 5.75 Å². The fourth-order valence-corrected chi connectivity index (χ4v) is 3.57. The molecular weight excluding hydrogens is 272 g/mol. The molecule has 1 aromatic carbocycles. The van der Waals surface area contributed by atoms with Crippen molar-refractivity contribution in [2.75, 3.05) is 20.2 Å². The molecule has 1 saturated heterocycles. The Balaban J connectivity index is 1.96. The van der Waals surface area contributed by atoms with Crippen molar-refractivity contribution in [3.63, 3.8) is 0 Å². The average Bonchev–Trinajstić information content (AvgIpc) is 2.80. The van der Waals surface area contributed by atoms with Gasteiger partial charge in [-0.2, -0.15) is 0 Å². The van der Waals surface area contributed by atoms with E-state index in [4.69, 9.17) is 9.84 Å². The third kappa shape index (κ3) is 2.02. The zero-order valence-corrected chi connectivity index (χ0v) is 11.9. The highest BCUT2D eigenvalue weighted by atomic mass is 16.5. The standard InChI is InChI=1S/C15H18N2O4/c1-21-11-4-2-3-10-9-15(13(16-20)12(10)11)5-7-17(8-6-15)14(18)19/h2-4,20H,5-9H2,1H3,(H,18,19)/b16-13+. The van der Waals surface area contributed by atoms with E-state index >= 15 is 0 Å². The van der Waals surface area contributed by atoms with Crippen LogP contribution in [0.1, 0.15) is 24.0 Å². The van der Waals surface area contributed by atoms with E-state index in [9.17, 15) is 10.0 Å². The predicted octanol–water partition coefficient (Wildman–Crippen LogP) is 2.19. The molecule has 0 radical (unpaired) electrons. The molecule has 2 aliphatic rings. The number of benzene rings is 1. The van der Waals surface area contributed by atoms with E-state index in [0.717, 1.165) is 17.5 Å². The van der Waals surface area contributed by atoms with E-state index in [0.29, 0.717) is 37.4 Å². The van der Waals surface area contributed by atoms with Crippen molar-refractivity contribution in [2.45, 2.75) is 19.3 Å². The summed E-state index contributed by atoms with van der Waals surface area (Å²) in [4.78, 5) is 12.5. The minimum atomic E-state index is -0.888. The third-order valence-corrected chi connectivity index (χ3v) is 4.69. The molecule has 0 bridgehead atoms. The van der Waals surface area contributed by atoms with Gasteiger partial charge >= 0.3 is 6.09 Å². The second-order valence-corrected chi connectivity index (χ2v) is 5.67. The molecule has 0 unspecified atom stereocenters. The molecular formula is C15H18N2O4. The van der Waals surface area contributed by atoms with Crippen LogP contribution in [0.25, 0.3) is 0 Å². The molecule has 21 heavy (non-hydrogen) atoms. The summed E-state index contributed by atoms with van der Waals surface area (Å²) in [6, 6.07) is 5.80. The molecule has 0 saturated carbocycles. The van der Waals surface area contributed by atoms with Crippen molar-refractivity contribution in [1.82, 2.24) is 4.90 Å². The van der Waals surface area contributed by atoms with Gasteiger partial charge in [0.05, 0.1) is 12.8 Å². The first-order valence-electron chi connectivity index (χ1n) is 6.98. The van der Waals surface area contributed by atoms with Gasteiger partial charge in [0.15, 0.2) is 0 Å². The number of rotatable bonds is 1. The first-order chi connectivity index (χ1) is 10.1. The van der Waals surface area contributed by atoms with Crippen molar-refractivity contribution in [3.05, 3.63) is 29.3 Å². The van der Waals surface area contributed by atoms with Gasteiger partial charge in [-0.15, -0.1) is 0 Å². The highest BCUT2D eigenvalue weighted by Crippen LogP contribution is 2.47. The topological polar surface area (TPSA) is 82.4 Å². The summed E-state index contributed by atoms with van der Waals surface area (Å²) in [5, 5.41) is 22.2. The third-order valence-electron chi connectivity index (χ3n) is 4.69. The second-order valence-electron chi connectivity index (χ2n) is 5.67. The number of nitrogens with zero attached hydrogens (tertiary/aromatic N) is 2. The largest absolute Gasteiger partial charge is 0.496 e. The smallest absolute Gasteiger partial charge is 0.407 e. The zero-order valence-electron chi connectivity index (χ0n) is 11.9. The van der Waals surface area contributed by atoms with Crippen LogP contribution in [0.4, 0.5) is 4.79 Å². The Morgan fingerprint density at radius 3 is 2.67 bits per heavy atom. The molecule has 1 aliphatic heterocycles. The van der Waals surface area contributed by atoms with Gasteiger partial charge in [-0.05, 0) is 30.9 Å². The maximum atomic E-state index is 11.1. The molecule has 6 heteroatoms. The van der Waals surface area contributed by atoms with E-state index in [1.54, 1.807) is 7.11 Å². The minimum Gasteiger partial charge on any atom is -0.496 e. The van der Waals surface area contributed by atoms with Crippen molar-refractivity contribution < 1.29 is 19.8 Å². The number of hydrogen-bond acceptors (Lipinski definition) is 4. The molecule has 1 amide bonds. The molecule has 1 spiro atoms. The monoisotopic (exact) mass is 290 g/mol. The highest BCUT2D eigenvalue weighted by Gasteiger charge is 2.47. The lowest BCUT2D eigenvalue weighted by Gasteiger charge is -2.38. The van der Waals surface area contributed by atoms with Crippen LogP contribution in [0.3, 0.4) is 0 Å². The van der Waals surface area contributed by atoms with Crippen LogP contribution >= 0.6 is 0 Å². The van der Waals surface area contributed by atoms with Crippen LogP contribution in [-0.2, 0) is 6.42 Å². The Bertz CT molecular complexity index is 604. The Labute approximate surface area is 122 Å². The molecule has 1 heterocycles. The van der Waals surface area contributed by atoms with Gasteiger partial charge in [-0.3, -0.25) is 0 Å². The SMILES string of the molecule is COc1cccc2c1/C(=N\O)C1(CCN(C(=O)O)CC1)C2. The van der Waals surface area contributed by atoms with Crippen molar-refractivity contribution >= 4 is 11.8 Å². The number of fused-ring (bicyclic) bond motifs is 1. The van der Waals surface area contributed by atoms with Gasteiger partial charge in [0, 0.05) is 24.1 Å². The average molecular weight is 290 g/mol. The summed E-state index contributed by atoms with van der Waals surface area (Å²) in [5.74, 6) is 0.706. The maximum Gasteiger partial charge on any atom is 0.407 e. The number of oxime groups is 1. The van der Waals surface area contributed by atoms with Crippen LogP contribution in [0, 0.1) is 5.41 Å². The number of likely N-dealkylation sites (tertiary alicyclic amines) is 1. The summed E-state index contributed by atoms with van der Waals surface area (Å²) in [6.07, 6.45) is 1.21. The highest BCUT2D eigenvalue weighted by molar-refractivity contribution is 6.10. The molecule has 0 atom stereocenters. The van der Waals surface area contributed by atoms with E-state index in [1.165, 1.54) is 4.90 Å². The van der Waals surface area contributed by atoms with Crippen LogP contribution in [0.15, 0.2) is 23.4 Å². The number of carboxylic acid groups (broad SMARTS) is 1. The van der Waals surface area contributed by atoms with Crippen molar-refractivity contribution in [1.29, 1.82) is 0 Å². The normalized spacial score (nSPS) is 21.6. The molecule has 1 aliphatic carbocycles. The number of amides is 1. The van der Waals surface area contributed by atoms with E-state index in [-0.39, 0.29) is 5.41 Å². The molecule has 2 N–H and O–H groups in total. The van der Waals surface area contributed by atoms with E-state index < -0.39 is 6.09 Å². The fourth-order valence-electron chi connectivity index (χ4n) is 3.57. The number of hydrogen-bond donors (Lipinski definition) is 2. The maximum absolute atomic E-state index is 11.1. The Hall–Kier alpha value is -2.24. The van der Waals surface area contributed by atoms with Gasteiger partial charge in [-0.25, -0.2) is 4.79 Å². The Morgan fingerprint density at radius 1 is 1.38 bits per heavy atom. The van der Waals surface area contributed by atoms with Crippen LogP contribution in [0.5, 0.6) is 5.75 Å².